The highest BCUT2D eigenvalue weighted by molar-refractivity contribution is 6.95. The molecule has 0 fully saturated rings. The standard InChI is InChI=1S/C7H4F3.2C6H2F3.Al/c1-4-2-5(8)3-6(9)7(4)10;2*7-4-1-2-5(8)6(9)3-4;/h2H,1H3;2*1,3H;. The first kappa shape index (κ1) is 21.3. The molecule has 0 saturated carbocycles. The van der Waals surface area contributed by atoms with Gasteiger partial charge in [-0.15, -0.1) is 0 Å². The maximum atomic E-state index is 14.6. The molecular formula is C19H8AlF9. The Balaban J connectivity index is 2.48. The summed E-state index contributed by atoms with van der Waals surface area (Å²) in [5.41, 5.74) is -0.492. The van der Waals surface area contributed by atoms with Crippen LogP contribution in [-0.4, -0.2) is 14.1 Å². The van der Waals surface area contributed by atoms with Crippen molar-refractivity contribution in [3.63, 3.8) is 0 Å². The summed E-state index contributed by atoms with van der Waals surface area (Å²) in [5.74, 6) is -14.8. The molecule has 3 aromatic rings. The van der Waals surface area contributed by atoms with Gasteiger partial charge in [0.15, 0.2) is 17.5 Å². The van der Waals surface area contributed by atoms with Crippen molar-refractivity contribution in [2.75, 3.05) is 0 Å². The monoisotopic (exact) mass is 434 g/mol. The van der Waals surface area contributed by atoms with Crippen LogP contribution in [0.1, 0.15) is 5.56 Å². The Morgan fingerprint density at radius 3 is 1.41 bits per heavy atom. The third kappa shape index (κ3) is 3.74. The van der Waals surface area contributed by atoms with Gasteiger partial charge in [0.05, 0.1) is 0 Å². The van der Waals surface area contributed by atoms with Crippen molar-refractivity contribution in [2.45, 2.75) is 6.92 Å². The first-order valence-electron chi connectivity index (χ1n) is 7.95. The lowest BCUT2D eigenvalue weighted by Crippen LogP contribution is -2.57. The number of hydrogen-bond acceptors (Lipinski definition) is 0. The highest BCUT2D eigenvalue weighted by Crippen LogP contribution is 2.16. The zero-order chi connectivity index (χ0) is 21.6. The lowest BCUT2D eigenvalue weighted by Gasteiger charge is -2.18. The molecule has 150 valence electrons. The van der Waals surface area contributed by atoms with E-state index in [4.69, 9.17) is 0 Å². The summed E-state index contributed by atoms with van der Waals surface area (Å²) in [6, 6.07) is 1.40. The summed E-state index contributed by atoms with van der Waals surface area (Å²) in [5, 5.41) is 0. The lowest BCUT2D eigenvalue weighted by molar-refractivity contribution is 0.494. The van der Waals surface area contributed by atoms with E-state index in [2.05, 4.69) is 0 Å². The van der Waals surface area contributed by atoms with Crippen LogP contribution in [0, 0.1) is 59.3 Å². The van der Waals surface area contributed by atoms with E-state index in [-0.39, 0.29) is 12.1 Å². The normalized spacial score (nSPS) is 11.1. The van der Waals surface area contributed by atoms with Gasteiger partial charge in [-0.05, 0) is 35.1 Å². The van der Waals surface area contributed by atoms with Crippen molar-refractivity contribution < 1.29 is 39.5 Å². The molecular weight excluding hydrogens is 426 g/mol. The molecule has 0 aliphatic carbocycles. The van der Waals surface area contributed by atoms with Crippen molar-refractivity contribution >= 4 is 27.4 Å². The van der Waals surface area contributed by atoms with Gasteiger partial charge in [-0.1, -0.05) is 8.85 Å². The lowest BCUT2D eigenvalue weighted by atomic mass is 10.2. The van der Waals surface area contributed by atoms with E-state index in [0.29, 0.717) is 18.2 Å². The third-order valence-electron chi connectivity index (χ3n) is 4.33. The molecule has 0 bridgehead atoms. The quantitative estimate of drug-likeness (QED) is 0.335. The molecule has 0 N–H and O–H groups in total. The highest BCUT2D eigenvalue weighted by atomic mass is 27.2. The largest absolute Gasteiger partial charge is 0.403 e. The summed E-state index contributed by atoms with van der Waals surface area (Å²) in [6.45, 7) is 1.01. The van der Waals surface area contributed by atoms with Gasteiger partial charge in [-0.25, -0.2) is 39.5 Å². The van der Waals surface area contributed by atoms with Gasteiger partial charge in [0, 0.05) is 12.1 Å². The molecule has 0 amide bonds. The second-order valence-corrected chi connectivity index (χ2v) is 8.92. The van der Waals surface area contributed by atoms with E-state index in [1.54, 1.807) is 0 Å². The molecule has 0 atom stereocenters. The SMILES string of the molecule is Cc1cc(F)[c]([Al]([c]2cc(F)cc(F)c2F)[c]2cc(F)cc(F)c2F)c(F)c1F. The molecule has 0 unspecified atom stereocenters. The zero-order valence-electron chi connectivity index (χ0n) is 14.4. The van der Waals surface area contributed by atoms with Gasteiger partial charge in [0.2, 0.25) is 0 Å². The van der Waals surface area contributed by atoms with E-state index in [9.17, 15) is 39.5 Å². The Kier molecular flexibility index (Phi) is 5.70. The summed E-state index contributed by atoms with van der Waals surface area (Å²) >= 11 is -4.33. The molecule has 0 aromatic heterocycles. The van der Waals surface area contributed by atoms with Crippen LogP contribution in [-0.2, 0) is 0 Å². The maximum Gasteiger partial charge on any atom is 0.403 e. The van der Waals surface area contributed by atoms with E-state index in [0.717, 1.165) is 6.92 Å². The minimum Gasteiger partial charge on any atom is -0.208 e. The summed E-state index contributed by atoms with van der Waals surface area (Å²) in [4.78, 5) is 0. The fraction of sp³-hybridized carbons (Fsp3) is 0.0526. The number of aryl methyl sites for hydroxylation is 1. The van der Waals surface area contributed by atoms with E-state index in [1.807, 2.05) is 0 Å². The van der Waals surface area contributed by atoms with Crippen molar-refractivity contribution in [3.8, 4) is 0 Å². The summed E-state index contributed by atoms with van der Waals surface area (Å²) in [7, 11) is 0. The van der Waals surface area contributed by atoms with Crippen LogP contribution < -0.4 is 13.3 Å². The molecule has 0 spiro atoms. The van der Waals surface area contributed by atoms with Crippen molar-refractivity contribution in [3.05, 3.63) is 88.3 Å². The first-order valence-corrected chi connectivity index (χ1v) is 9.69. The van der Waals surface area contributed by atoms with Crippen molar-refractivity contribution in [2.24, 2.45) is 0 Å². The molecule has 3 aromatic carbocycles. The van der Waals surface area contributed by atoms with Crippen LogP contribution in [0.15, 0.2) is 30.3 Å². The van der Waals surface area contributed by atoms with E-state index in [1.165, 1.54) is 0 Å². The van der Waals surface area contributed by atoms with Crippen LogP contribution in [0.4, 0.5) is 39.5 Å². The molecule has 0 radical (unpaired) electrons. The minimum absolute atomic E-state index is 0.120. The Bertz CT molecular complexity index is 1070. The van der Waals surface area contributed by atoms with Gasteiger partial charge < -0.3 is 0 Å². The van der Waals surface area contributed by atoms with Crippen LogP contribution in [0.5, 0.6) is 0 Å². The molecule has 0 heterocycles. The second kappa shape index (κ2) is 7.77. The van der Waals surface area contributed by atoms with E-state index < -0.39 is 85.3 Å². The van der Waals surface area contributed by atoms with Crippen molar-refractivity contribution in [1.82, 2.24) is 0 Å². The Labute approximate surface area is 162 Å². The molecule has 0 saturated heterocycles. The van der Waals surface area contributed by atoms with Gasteiger partial charge in [0.1, 0.15) is 34.9 Å². The minimum atomic E-state index is -4.33. The van der Waals surface area contributed by atoms with Crippen LogP contribution in [0.25, 0.3) is 0 Å². The smallest absolute Gasteiger partial charge is 0.208 e. The zero-order valence-corrected chi connectivity index (χ0v) is 15.5. The molecule has 10 heteroatoms. The fourth-order valence-corrected chi connectivity index (χ4v) is 6.17. The number of rotatable bonds is 3. The van der Waals surface area contributed by atoms with Gasteiger partial charge >= 0.3 is 14.1 Å². The predicted octanol–water partition coefficient (Wildman–Crippen LogP) is 3.76. The Morgan fingerprint density at radius 2 is 0.966 bits per heavy atom. The predicted molar refractivity (Wildman–Crippen MR) is 88.3 cm³/mol. The fourth-order valence-electron chi connectivity index (χ4n) is 3.04. The van der Waals surface area contributed by atoms with E-state index >= 15 is 0 Å². The topological polar surface area (TPSA) is 0 Å². The van der Waals surface area contributed by atoms with Crippen molar-refractivity contribution in [1.29, 1.82) is 0 Å². The first-order chi connectivity index (χ1) is 13.5. The number of halogens is 9. The Morgan fingerprint density at radius 1 is 0.517 bits per heavy atom. The van der Waals surface area contributed by atoms with Crippen LogP contribution in [0.2, 0.25) is 0 Å². The molecule has 29 heavy (non-hydrogen) atoms. The number of hydrogen-bond donors (Lipinski definition) is 0. The molecule has 0 aliphatic heterocycles. The number of benzene rings is 3. The third-order valence-corrected chi connectivity index (χ3v) is 7.52. The Hall–Kier alpha value is -2.44. The second-order valence-electron chi connectivity index (χ2n) is 6.23. The average Bonchev–Trinajstić information content (AvgIpc) is 2.63. The van der Waals surface area contributed by atoms with Gasteiger partial charge in [0.25, 0.3) is 0 Å². The summed E-state index contributed by atoms with van der Waals surface area (Å²) < 4.78 is 124. The highest BCUT2D eigenvalue weighted by Gasteiger charge is 2.39. The van der Waals surface area contributed by atoms with Gasteiger partial charge in [-0.3, -0.25) is 0 Å². The van der Waals surface area contributed by atoms with Crippen LogP contribution in [0.3, 0.4) is 0 Å². The molecule has 0 nitrogen and oxygen atoms in total. The maximum absolute atomic E-state index is 14.6. The van der Waals surface area contributed by atoms with Gasteiger partial charge in [-0.2, -0.15) is 0 Å². The molecule has 0 aliphatic rings. The van der Waals surface area contributed by atoms with Crippen LogP contribution >= 0.6 is 0 Å². The summed E-state index contributed by atoms with van der Waals surface area (Å²) in [6.07, 6.45) is 0. The molecule has 3 rings (SSSR count). The average molecular weight is 434 g/mol.